The summed E-state index contributed by atoms with van der Waals surface area (Å²) in [5.41, 5.74) is 1.41. The Hall–Kier alpha value is -2.24. The fourth-order valence-corrected chi connectivity index (χ4v) is 5.22. The molecule has 3 rings (SSSR count). The predicted molar refractivity (Wildman–Crippen MR) is 92.8 cm³/mol. The zero-order chi connectivity index (χ0) is 18.0. The molecule has 0 bridgehead atoms. The van der Waals surface area contributed by atoms with Gasteiger partial charge in [0.2, 0.25) is 5.91 Å². The van der Waals surface area contributed by atoms with Crippen LogP contribution in [0.3, 0.4) is 0 Å². The van der Waals surface area contributed by atoms with Crippen LogP contribution in [0.4, 0.5) is 9.39 Å². The highest BCUT2D eigenvalue weighted by Gasteiger charge is 2.24. The molecule has 0 saturated carbocycles. The molecule has 5 nitrogen and oxygen atoms in total. The second kappa shape index (κ2) is 6.94. The highest BCUT2D eigenvalue weighted by molar-refractivity contribution is 7.92. The molecular formula is C17H15FN2O3S2. The molecule has 0 aliphatic heterocycles. The normalized spacial score (nSPS) is 13.8. The number of nitrogens with one attached hydrogen (secondary N) is 1. The third-order valence-electron chi connectivity index (χ3n) is 4.03. The Kier molecular flexibility index (Phi) is 4.88. The largest absolute Gasteiger partial charge is 0.316 e. The van der Waals surface area contributed by atoms with Crippen LogP contribution in [0.1, 0.15) is 28.8 Å². The number of carbonyl (C=O) groups excluding carboxylic acids is 1. The number of halogens is 1. The lowest BCUT2D eigenvalue weighted by molar-refractivity contribution is -0.113. The smallest absolute Gasteiger partial charge is 0.240 e. The fourth-order valence-electron chi connectivity index (χ4n) is 2.83. The summed E-state index contributed by atoms with van der Waals surface area (Å²) >= 11 is 1.34. The summed E-state index contributed by atoms with van der Waals surface area (Å²) in [6, 6.07) is 6.44. The van der Waals surface area contributed by atoms with Crippen LogP contribution < -0.4 is 5.32 Å². The quantitative estimate of drug-likeness (QED) is 0.829. The maximum atomic E-state index is 12.9. The molecule has 0 saturated heterocycles. The third kappa shape index (κ3) is 3.72. The number of hydrogen-bond donors (Lipinski definition) is 1. The number of carbonyl (C=O) groups is 1. The summed E-state index contributed by atoms with van der Waals surface area (Å²) in [6.07, 6.45) is 3.73. The van der Waals surface area contributed by atoms with Gasteiger partial charge in [0.05, 0.1) is 10.5 Å². The van der Waals surface area contributed by atoms with Gasteiger partial charge < -0.3 is 5.32 Å². The van der Waals surface area contributed by atoms with Gasteiger partial charge in [-0.2, -0.15) is 5.26 Å². The number of aryl methyl sites for hydroxylation is 1. The van der Waals surface area contributed by atoms with Crippen LogP contribution in [0.5, 0.6) is 0 Å². The van der Waals surface area contributed by atoms with Gasteiger partial charge in [-0.25, -0.2) is 12.8 Å². The summed E-state index contributed by atoms with van der Waals surface area (Å²) < 4.78 is 37.4. The van der Waals surface area contributed by atoms with Crippen molar-refractivity contribution in [3.05, 3.63) is 46.1 Å². The predicted octanol–water partition coefficient (Wildman–Crippen LogP) is 3.05. The molecule has 1 aliphatic rings. The Morgan fingerprint density at radius 2 is 1.92 bits per heavy atom. The van der Waals surface area contributed by atoms with Crippen molar-refractivity contribution in [3.63, 3.8) is 0 Å². The molecule has 1 heterocycles. The maximum absolute atomic E-state index is 12.9. The molecule has 25 heavy (non-hydrogen) atoms. The molecule has 2 aromatic rings. The second-order valence-electron chi connectivity index (χ2n) is 5.79. The molecule has 1 aromatic heterocycles. The number of sulfone groups is 1. The number of thiophene rings is 1. The minimum atomic E-state index is -3.88. The Labute approximate surface area is 149 Å². The molecule has 0 fully saturated rings. The minimum Gasteiger partial charge on any atom is -0.316 e. The molecule has 0 atom stereocenters. The fraction of sp³-hybridized carbons (Fsp3) is 0.294. The lowest BCUT2D eigenvalue weighted by atomic mass is 9.96. The average molecular weight is 378 g/mol. The van der Waals surface area contributed by atoms with E-state index in [1.165, 1.54) is 11.3 Å². The van der Waals surface area contributed by atoms with E-state index in [9.17, 15) is 22.9 Å². The molecule has 0 unspecified atom stereocenters. The van der Waals surface area contributed by atoms with Crippen molar-refractivity contribution in [1.82, 2.24) is 0 Å². The number of rotatable bonds is 4. The number of fused-ring (bicyclic) bond motifs is 1. The van der Waals surface area contributed by atoms with E-state index < -0.39 is 27.3 Å². The third-order valence-corrected chi connectivity index (χ3v) is 6.87. The summed E-state index contributed by atoms with van der Waals surface area (Å²) in [4.78, 5) is 13.1. The lowest BCUT2D eigenvalue weighted by Gasteiger charge is -2.09. The Balaban J connectivity index is 1.78. The Bertz CT molecular complexity index is 957. The van der Waals surface area contributed by atoms with Crippen LogP contribution in [-0.4, -0.2) is 20.1 Å². The zero-order valence-corrected chi connectivity index (χ0v) is 14.8. The van der Waals surface area contributed by atoms with E-state index in [1.54, 1.807) is 0 Å². The lowest BCUT2D eigenvalue weighted by Crippen LogP contribution is -2.23. The first-order valence-electron chi connectivity index (χ1n) is 7.73. The van der Waals surface area contributed by atoms with E-state index in [1.807, 2.05) is 0 Å². The molecule has 1 amide bonds. The second-order valence-corrected chi connectivity index (χ2v) is 8.88. The van der Waals surface area contributed by atoms with Crippen molar-refractivity contribution in [2.24, 2.45) is 0 Å². The molecule has 1 aliphatic carbocycles. The summed E-state index contributed by atoms with van der Waals surface area (Å²) in [7, 11) is -3.88. The van der Waals surface area contributed by atoms with Crippen LogP contribution in [0.2, 0.25) is 0 Å². The summed E-state index contributed by atoms with van der Waals surface area (Å²) in [5.74, 6) is -2.02. The monoisotopic (exact) mass is 378 g/mol. The minimum absolute atomic E-state index is 0.116. The van der Waals surface area contributed by atoms with Crippen LogP contribution in [0.25, 0.3) is 0 Å². The first kappa shape index (κ1) is 17.6. The van der Waals surface area contributed by atoms with Gasteiger partial charge in [0.1, 0.15) is 22.6 Å². The van der Waals surface area contributed by atoms with E-state index in [0.717, 1.165) is 60.4 Å². The van der Waals surface area contributed by atoms with E-state index in [0.29, 0.717) is 10.6 Å². The van der Waals surface area contributed by atoms with Crippen LogP contribution in [0.15, 0.2) is 29.2 Å². The average Bonchev–Trinajstić information content (AvgIpc) is 2.91. The van der Waals surface area contributed by atoms with Crippen LogP contribution >= 0.6 is 11.3 Å². The molecule has 1 N–H and O–H groups in total. The van der Waals surface area contributed by atoms with E-state index in [2.05, 4.69) is 11.4 Å². The molecule has 8 heteroatoms. The molecule has 0 spiro atoms. The molecular weight excluding hydrogens is 363 g/mol. The highest BCUT2D eigenvalue weighted by Crippen LogP contribution is 2.37. The van der Waals surface area contributed by atoms with Gasteiger partial charge in [0, 0.05) is 4.88 Å². The maximum Gasteiger partial charge on any atom is 0.240 e. The van der Waals surface area contributed by atoms with E-state index in [4.69, 9.17) is 0 Å². The van der Waals surface area contributed by atoms with Gasteiger partial charge in [-0.1, -0.05) is 0 Å². The van der Waals surface area contributed by atoms with Gasteiger partial charge in [0.25, 0.3) is 0 Å². The van der Waals surface area contributed by atoms with Crippen LogP contribution in [0, 0.1) is 17.1 Å². The van der Waals surface area contributed by atoms with Crippen molar-refractivity contribution >= 4 is 32.1 Å². The van der Waals surface area contributed by atoms with E-state index in [-0.39, 0.29) is 4.90 Å². The first-order chi connectivity index (χ1) is 11.9. The van der Waals surface area contributed by atoms with Crippen molar-refractivity contribution in [1.29, 1.82) is 5.26 Å². The highest BCUT2D eigenvalue weighted by atomic mass is 32.2. The van der Waals surface area contributed by atoms with Gasteiger partial charge in [-0.3, -0.25) is 4.79 Å². The Morgan fingerprint density at radius 1 is 1.24 bits per heavy atom. The van der Waals surface area contributed by atoms with E-state index >= 15 is 0 Å². The van der Waals surface area contributed by atoms with Crippen molar-refractivity contribution < 1.29 is 17.6 Å². The van der Waals surface area contributed by atoms with Gasteiger partial charge in [-0.05, 0) is 55.5 Å². The number of amides is 1. The number of anilines is 1. The number of benzene rings is 1. The van der Waals surface area contributed by atoms with Crippen LogP contribution in [-0.2, 0) is 27.5 Å². The first-order valence-corrected chi connectivity index (χ1v) is 10.2. The molecule has 0 radical (unpaired) electrons. The number of nitriles is 1. The Morgan fingerprint density at radius 3 is 2.60 bits per heavy atom. The molecule has 1 aromatic carbocycles. The van der Waals surface area contributed by atoms with Crippen molar-refractivity contribution in [2.45, 2.75) is 30.6 Å². The zero-order valence-electron chi connectivity index (χ0n) is 13.2. The number of nitrogens with zero attached hydrogens (tertiary/aromatic N) is 1. The standard InChI is InChI=1S/C17H15FN2O3S2/c18-11-5-7-12(8-6-11)25(22,23)10-16(21)20-17-14(9-19)13-3-1-2-4-15(13)24-17/h5-8H,1-4,10H2,(H,20,21). The van der Waals surface area contributed by atoms with Crippen molar-refractivity contribution in [2.75, 3.05) is 11.1 Å². The van der Waals surface area contributed by atoms with Gasteiger partial charge in [-0.15, -0.1) is 11.3 Å². The number of hydrogen-bond acceptors (Lipinski definition) is 5. The topological polar surface area (TPSA) is 87.0 Å². The SMILES string of the molecule is N#Cc1c(NC(=O)CS(=O)(=O)c2ccc(F)cc2)sc2c1CCCC2. The summed E-state index contributed by atoms with van der Waals surface area (Å²) in [6.45, 7) is 0. The van der Waals surface area contributed by atoms with Gasteiger partial charge >= 0.3 is 0 Å². The summed E-state index contributed by atoms with van der Waals surface area (Å²) in [5, 5.41) is 12.3. The molecule has 130 valence electrons. The van der Waals surface area contributed by atoms with Gasteiger partial charge in [0.15, 0.2) is 9.84 Å². The van der Waals surface area contributed by atoms with Crippen molar-refractivity contribution in [3.8, 4) is 6.07 Å².